The Hall–Kier alpha value is -2.37. The van der Waals surface area contributed by atoms with Crippen LogP contribution in [0.1, 0.15) is 45.9 Å². The van der Waals surface area contributed by atoms with Gasteiger partial charge in [0.15, 0.2) is 0 Å². The van der Waals surface area contributed by atoms with Crippen LogP contribution in [0.2, 0.25) is 0 Å². The van der Waals surface area contributed by atoms with E-state index in [1.807, 2.05) is 35.2 Å². The van der Waals surface area contributed by atoms with Gasteiger partial charge in [0.05, 0.1) is 0 Å². The number of hydrogen-bond donors (Lipinski definition) is 2. The van der Waals surface area contributed by atoms with Crippen molar-refractivity contribution in [1.29, 1.82) is 0 Å². The van der Waals surface area contributed by atoms with Crippen molar-refractivity contribution in [2.75, 3.05) is 19.6 Å². The lowest BCUT2D eigenvalue weighted by Gasteiger charge is -2.27. The maximum atomic E-state index is 12.6. The minimum absolute atomic E-state index is 0. The Morgan fingerprint density at radius 1 is 1.14 bits per heavy atom. The number of nitrogens with zero attached hydrogens (tertiary/aromatic N) is 1. The lowest BCUT2D eigenvalue weighted by molar-refractivity contribution is -0.128. The first-order chi connectivity index (χ1) is 13.2. The highest BCUT2D eigenvalue weighted by molar-refractivity contribution is 5.94. The third-order valence-electron chi connectivity index (χ3n) is 5.42. The van der Waals surface area contributed by atoms with E-state index in [1.54, 1.807) is 0 Å². The predicted molar refractivity (Wildman–Crippen MR) is 112 cm³/mol. The van der Waals surface area contributed by atoms with Gasteiger partial charge in [-0.05, 0) is 48.2 Å². The molecule has 2 aromatic rings. The molecule has 1 atom stereocenters. The van der Waals surface area contributed by atoms with Gasteiger partial charge in [-0.3, -0.25) is 9.59 Å². The van der Waals surface area contributed by atoms with Crippen molar-refractivity contribution in [2.24, 2.45) is 0 Å². The summed E-state index contributed by atoms with van der Waals surface area (Å²) in [7, 11) is 0. The number of hydrogen-bond acceptors (Lipinski definition) is 3. The molecule has 1 fully saturated rings. The van der Waals surface area contributed by atoms with Gasteiger partial charge in [-0.25, -0.2) is 0 Å². The molecule has 0 aromatic heterocycles. The first-order valence-corrected chi connectivity index (χ1v) is 9.67. The van der Waals surface area contributed by atoms with E-state index in [2.05, 4.69) is 28.8 Å². The van der Waals surface area contributed by atoms with Gasteiger partial charge < -0.3 is 15.5 Å². The summed E-state index contributed by atoms with van der Waals surface area (Å²) >= 11 is 0. The molecule has 1 saturated heterocycles. The van der Waals surface area contributed by atoms with Crippen molar-refractivity contribution in [3.05, 3.63) is 70.8 Å². The second-order valence-corrected chi connectivity index (χ2v) is 7.28. The van der Waals surface area contributed by atoms with E-state index in [0.29, 0.717) is 25.1 Å². The first kappa shape index (κ1) is 20.4. The number of carbonyl (C=O) groups excluding carboxylic acids is 2. The Labute approximate surface area is 171 Å². The van der Waals surface area contributed by atoms with E-state index in [1.165, 1.54) is 11.1 Å². The summed E-state index contributed by atoms with van der Waals surface area (Å²) in [5.74, 6) is 0.126. The summed E-state index contributed by atoms with van der Waals surface area (Å²) < 4.78 is 0. The number of nitrogens with one attached hydrogen (secondary N) is 2. The standard InChI is InChI=1S/C22H25N3O2.ClH/c26-21-9-4-12-25(21)15-16-5-3-7-18(13-16)22(27)24-14-20-19-8-2-1-6-17(19)10-11-23-20;/h1-3,5-8,13,20,23H,4,9-12,14-15H2,(H,24,27);1H. The quantitative estimate of drug-likeness (QED) is 0.812. The number of fused-ring (bicyclic) bond motifs is 1. The molecule has 2 heterocycles. The number of benzene rings is 2. The van der Waals surface area contributed by atoms with Gasteiger partial charge in [0, 0.05) is 37.7 Å². The van der Waals surface area contributed by atoms with Crippen molar-refractivity contribution in [3.63, 3.8) is 0 Å². The zero-order chi connectivity index (χ0) is 18.6. The molecule has 0 bridgehead atoms. The number of likely N-dealkylation sites (tertiary alicyclic amines) is 1. The molecule has 6 heteroatoms. The fourth-order valence-corrected chi connectivity index (χ4v) is 3.97. The minimum atomic E-state index is -0.0746. The highest BCUT2D eigenvalue weighted by atomic mass is 35.5. The van der Waals surface area contributed by atoms with E-state index in [0.717, 1.165) is 31.5 Å². The van der Waals surface area contributed by atoms with Gasteiger partial charge in [0.2, 0.25) is 5.91 Å². The van der Waals surface area contributed by atoms with Crippen LogP contribution in [0.25, 0.3) is 0 Å². The molecule has 2 aromatic carbocycles. The maximum absolute atomic E-state index is 12.6. The van der Waals surface area contributed by atoms with Crippen LogP contribution < -0.4 is 10.6 Å². The summed E-state index contributed by atoms with van der Waals surface area (Å²) in [5.41, 5.74) is 4.26. The van der Waals surface area contributed by atoms with E-state index in [4.69, 9.17) is 0 Å². The molecular formula is C22H26ClN3O2. The fourth-order valence-electron chi connectivity index (χ4n) is 3.97. The lowest BCUT2D eigenvalue weighted by Crippen LogP contribution is -2.38. The van der Waals surface area contributed by atoms with Crippen LogP contribution in [0, 0.1) is 0 Å². The zero-order valence-corrected chi connectivity index (χ0v) is 16.6. The molecule has 0 spiro atoms. The van der Waals surface area contributed by atoms with Crippen LogP contribution >= 0.6 is 12.4 Å². The zero-order valence-electron chi connectivity index (χ0n) is 15.8. The molecule has 2 amide bonds. The molecule has 0 aliphatic carbocycles. The molecule has 0 saturated carbocycles. The minimum Gasteiger partial charge on any atom is -0.350 e. The molecule has 4 rings (SSSR count). The molecule has 1 unspecified atom stereocenters. The summed E-state index contributed by atoms with van der Waals surface area (Å²) in [6, 6.07) is 16.1. The van der Waals surface area contributed by atoms with Gasteiger partial charge in [-0.1, -0.05) is 36.4 Å². The highest BCUT2D eigenvalue weighted by Crippen LogP contribution is 2.22. The van der Waals surface area contributed by atoms with Gasteiger partial charge in [0.25, 0.3) is 5.91 Å². The maximum Gasteiger partial charge on any atom is 0.251 e. The normalized spacial score (nSPS) is 18.4. The third kappa shape index (κ3) is 4.54. The van der Waals surface area contributed by atoms with Gasteiger partial charge in [-0.15, -0.1) is 12.4 Å². The summed E-state index contributed by atoms with van der Waals surface area (Å²) in [5, 5.41) is 6.54. The number of amides is 2. The van der Waals surface area contributed by atoms with Crippen LogP contribution in [0.4, 0.5) is 0 Å². The topological polar surface area (TPSA) is 61.4 Å². The molecular weight excluding hydrogens is 374 g/mol. The number of halogens is 1. The Morgan fingerprint density at radius 2 is 2.00 bits per heavy atom. The van der Waals surface area contributed by atoms with Crippen LogP contribution in [0.5, 0.6) is 0 Å². The molecule has 148 valence electrons. The molecule has 28 heavy (non-hydrogen) atoms. The van der Waals surface area contributed by atoms with Crippen LogP contribution in [-0.2, 0) is 17.8 Å². The van der Waals surface area contributed by atoms with Gasteiger partial charge in [0.1, 0.15) is 0 Å². The SMILES string of the molecule is Cl.O=C(NCC1NCCc2ccccc21)c1cccc(CN2CCCC2=O)c1. The summed E-state index contributed by atoms with van der Waals surface area (Å²) in [6.07, 6.45) is 2.59. The second-order valence-electron chi connectivity index (χ2n) is 7.28. The van der Waals surface area contributed by atoms with E-state index in [-0.39, 0.29) is 30.3 Å². The van der Waals surface area contributed by atoms with Crippen LogP contribution in [0.3, 0.4) is 0 Å². The Kier molecular flexibility index (Phi) is 6.70. The second kappa shape index (κ2) is 9.22. The molecule has 2 aliphatic rings. The van der Waals surface area contributed by atoms with Crippen molar-refractivity contribution in [3.8, 4) is 0 Å². The Morgan fingerprint density at radius 3 is 2.82 bits per heavy atom. The number of carbonyl (C=O) groups is 2. The van der Waals surface area contributed by atoms with Crippen molar-refractivity contribution in [1.82, 2.24) is 15.5 Å². The van der Waals surface area contributed by atoms with Crippen molar-refractivity contribution >= 4 is 24.2 Å². The largest absolute Gasteiger partial charge is 0.350 e. The molecule has 2 N–H and O–H groups in total. The summed E-state index contributed by atoms with van der Waals surface area (Å²) in [6.45, 7) is 2.88. The first-order valence-electron chi connectivity index (χ1n) is 9.67. The van der Waals surface area contributed by atoms with Gasteiger partial charge >= 0.3 is 0 Å². The van der Waals surface area contributed by atoms with Crippen molar-refractivity contribution < 1.29 is 9.59 Å². The highest BCUT2D eigenvalue weighted by Gasteiger charge is 2.21. The van der Waals surface area contributed by atoms with Crippen LogP contribution in [-0.4, -0.2) is 36.3 Å². The smallest absolute Gasteiger partial charge is 0.251 e. The molecule has 2 aliphatic heterocycles. The lowest BCUT2D eigenvalue weighted by atomic mass is 9.94. The monoisotopic (exact) mass is 399 g/mol. The average molecular weight is 400 g/mol. The summed E-state index contributed by atoms with van der Waals surface area (Å²) in [4.78, 5) is 26.3. The van der Waals surface area contributed by atoms with E-state index < -0.39 is 0 Å². The van der Waals surface area contributed by atoms with Gasteiger partial charge in [-0.2, -0.15) is 0 Å². The average Bonchev–Trinajstić information content (AvgIpc) is 3.10. The van der Waals surface area contributed by atoms with Crippen molar-refractivity contribution in [2.45, 2.75) is 31.8 Å². The third-order valence-corrected chi connectivity index (χ3v) is 5.42. The molecule has 0 radical (unpaired) electrons. The fraction of sp³-hybridized carbons (Fsp3) is 0.364. The Balaban J connectivity index is 0.00000225. The van der Waals surface area contributed by atoms with Crippen LogP contribution in [0.15, 0.2) is 48.5 Å². The number of rotatable bonds is 5. The molecule has 5 nitrogen and oxygen atoms in total. The Bertz CT molecular complexity index is 855. The van der Waals surface area contributed by atoms with E-state index in [9.17, 15) is 9.59 Å². The predicted octanol–water partition coefficient (Wildman–Crippen LogP) is 2.85. The van der Waals surface area contributed by atoms with E-state index >= 15 is 0 Å².